The Kier molecular flexibility index (Phi) is 6.49. The van der Waals surface area contributed by atoms with Crippen molar-refractivity contribution < 1.29 is 14.3 Å². The van der Waals surface area contributed by atoms with Gasteiger partial charge in [0.1, 0.15) is 5.82 Å². The summed E-state index contributed by atoms with van der Waals surface area (Å²) in [6.45, 7) is 6.42. The van der Waals surface area contributed by atoms with E-state index in [0.29, 0.717) is 31.0 Å². The van der Waals surface area contributed by atoms with E-state index in [4.69, 9.17) is 4.74 Å². The van der Waals surface area contributed by atoms with Crippen molar-refractivity contribution in [1.82, 2.24) is 10.3 Å². The average Bonchev–Trinajstić information content (AvgIpc) is 2.39. The van der Waals surface area contributed by atoms with Crippen molar-refractivity contribution in [2.45, 2.75) is 33.2 Å². The van der Waals surface area contributed by atoms with E-state index < -0.39 is 0 Å². The molecule has 0 radical (unpaired) electrons. The number of hydrogen-bond acceptors (Lipinski definition) is 5. The number of rotatable bonds is 7. The van der Waals surface area contributed by atoms with Gasteiger partial charge in [-0.15, -0.1) is 0 Å². The average molecular weight is 279 g/mol. The van der Waals surface area contributed by atoms with Crippen LogP contribution in [-0.2, 0) is 9.53 Å². The smallest absolute Gasteiger partial charge is 0.339 e. The van der Waals surface area contributed by atoms with E-state index in [0.717, 1.165) is 0 Å². The summed E-state index contributed by atoms with van der Waals surface area (Å²) in [6.07, 6.45) is 1.83. The first kappa shape index (κ1) is 15.9. The number of carbonyl (C=O) groups is 2. The van der Waals surface area contributed by atoms with Gasteiger partial charge < -0.3 is 15.4 Å². The molecular formula is C14H21N3O3. The van der Waals surface area contributed by atoms with Gasteiger partial charge in [-0.3, -0.25) is 4.79 Å². The van der Waals surface area contributed by atoms with Gasteiger partial charge in [0.2, 0.25) is 5.91 Å². The molecule has 0 aliphatic rings. The van der Waals surface area contributed by atoms with Gasteiger partial charge in [0.05, 0.1) is 12.2 Å². The zero-order valence-corrected chi connectivity index (χ0v) is 12.1. The van der Waals surface area contributed by atoms with Crippen LogP contribution in [0.5, 0.6) is 0 Å². The summed E-state index contributed by atoms with van der Waals surface area (Å²) in [5.74, 6) is 0.230. The van der Waals surface area contributed by atoms with Crippen LogP contribution < -0.4 is 10.6 Å². The van der Waals surface area contributed by atoms with Crippen molar-refractivity contribution >= 4 is 17.7 Å². The molecule has 0 atom stereocenters. The molecule has 0 saturated carbocycles. The lowest BCUT2D eigenvalue weighted by Gasteiger charge is -2.09. The van der Waals surface area contributed by atoms with E-state index in [-0.39, 0.29) is 17.9 Å². The lowest BCUT2D eigenvalue weighted by atomic mass is 10.3. The van der Waals surface area contributed by atoms with Crippen molar-refractivity contribution in [2.75, 3.05) is 18.5 Å². The number of hydrogen-bond donors (Lipinski definition) is 2. The topological polar surface area (TPSA) is 80.3 Å². The van der Waals surface area contributed by atoms with Crippen molar-refractivity contribution in [1.29, 1.82) is 0 Å². The molecule has 0 aliphatic heterocycles. The summed E-state index contributed by atoms with van der Waals surface area (Å²) in [6, 6.07) is 3.47. The summed E-state index contributed by atoms with van der Waals surface area (Å²) in [5.41, 5.74) is 0.412. The van der Waals surface area contributed by atoms with E-state index in [9.17, 15) is 9.59 Å². The normalized spacial score (nSPS) is 10.2. The van der Waals surface area contributed by atoms with Gasteiger partial charge in [0.25, 0.3) is 0 Å². The zero-order chi connectivity index (χ0) is 15.0. The molecule has 0 fully saturated rings. The molecule has 0 spiro atoms. The van der Waals surface area contributed by atoms with Crippen molar-refractivity contribution in [3.8, 4) is 0 Å². The summed E-state index contributed by atoms with van der Waals surface area (Å²) >= 11 is 0. The predicted molar refractivity (Wildman–Crippen MR) is 76.6 cm³/mol. The minimum absolute atomic E-state index is 0.00403. The summed E-state index contributed by atoms with van der Waals surface area (Å²) < 4.78 is 4.87. The highest BCUT2D eigenvalue weighted by molar-refractivity contribution is 5.89. The summed E-state index contributed by atoms with van der Waals surface area (Å²) in [7, 11) is 0. The van der Waals surface area contributed by atoms with Gasteiger partial charge >= 0.3 is 5.97 Å². The van der Waals surface area contributed by atoms with Crippen molar-refractivity contribution in [2.24, 2.45) is 0 Å². The number of nitrogens with zero attached hydrogens (tertiary/aromatic N) is 1. The molecule has 1 rings (SSSR count). The standard InChI is InChI=1S/C14H21N3O3/c1-4-20-14(19)11-5-6-12(16-9-11)15-8-7-13(18)17-10(2)3/h5-6,9-10H,4,7-8H2,1-3H3,(H,15,16)(H,17,18). The Morgan fingerprint density at radius 1 is 1.35 bits per heavy atom. The van der Waals surface area contributed by atoms with Crippen LogP contribution in [0.4, 0.5) is 5.82 Å². The van der Waals surface area contributed by atoms with Gasteiger partial charge in [-0.25, -0.2) is 9.78 Å². The molecule has 0 saturated heterocycles. The third-order valence-corrected chi connectivity index (χ3v) is 2.38. The number of nitrogens with one attached hydrogen (secondary N) is 2. The number of esters is 1. The van der Waals surface area contributed by atoms with E-state index in [1.807, 2.05) is 13.8 Å². The predicted octanol–water partition coefficient (Wildman–Crippen LogP) is 1.58. The molecule has 20 heavy (non-hydrogen) atoms. The molecule has 110 valence electrons. The quantitative estimate of drug-likeness (QED) is 0.741. The van der Waals surface area contributed by atoms with Gasteiger partial charge in [-0.05, 0) is 32.9 Å². The van der Waals surface area contributed by atoms with Crippen LogP contribution in [-0.4, -0.2) is 36.1 Å². The highest BCUT2D eigenvalue weighted by atomic mass is 16.5. The molecule has 1 aromatic rings. The van der Waals surface area contributed by atoms with Gasteiger partial charge in [-0.1, -0.05) is 0 Å². The first-order valence-corrected chi connectivity index (χ1v) is 6.69. The Labute approximate surface area is 118 Å². The second kappa shape index (κ2) is 8.14. The van der Waals surface area contributed by atoms with Crippen LogP contribution >= 0.6 is 0 Å². The van der Waals surface area contributed by atoms with Crippen molar-refractivity contribution in [3.63, 3.8) is 0 Å². The van der Waals surface area contributed by atoms with Crippen LogP contribution in [0.15, 0.2) is 18.3 Å². The Hall–Kier alpha value is -2.11. The Morgan fingerprint density at radius 2 is 2.10 bits per heavy atom. The minimum Gasteiger partial charge on any atom is -0.462 e. The van der Waals surface area contributed by atoms with Crippen LogP contribution in [0.25, 0.3) is 0 Å². The number of pyridine rings is 1. The monoisotopic (exact) mass is 279 g/mol. The number of ether oxygens (including phenoxy) is 1. The van der Waals surface area contributed by atoms with Gasteiger partial charge in [-0.2, -0.15) is 0 Å². The van der Waals surface area contributed by atoms with E-state index in [1.165, 1.54) is 6.20 Å². The molecule has 0 aromatic carbocycles. The van der Waals surface area contributed by atoms with Crippen LogP contribution in [0, 0.1) is 0 Å². The van der Waals surface area contributed by atoms with Crippen LogP contribution in [0.2, 0.25) is 0 Å². The Bertz CT molecular complexity index is 443. The molecule has 6 nitrogen and oxygen atoms in total. The lowest BCUT2D eigenvalue weighted by molar-refractivity contribution is -0.121. The van der Waals surface area contributed by atoms with Gasteiger partial charge in [0.15, 0.2) is 0 Å². The number of amides is 1. The van der Waals surface area contributed by atoms with E-state index >= 15 is 0 Å². The van der Waals surface area contributed by atoms with E-state index in [2.05, 4.69) is 15.6 Å². The fourth-order valence-corrected chi connectivity index (χ4v) is 1.53. The molecule has 1 amide bonds. The molecule has 6 heteroatoms. The molecular weight excluding hydrogens is 258 g/mol. The Balaban J connectivity index is 2.38. The second-order valence-electron chi connectivity index (χ2n) is 4.55. The van der Waals surface area contributed by atoms with Crippen LogP contribution in [0.1, 0.15) is 37.6 Å². The second-order valence-corrected chi connectivity index (χ2v) is 4.55. The molecule has 1 heterocycles. The number of carbonyl (C=O) groups excluding carboxylic acids is 2. The number of anilines is 1. The molecule has 0 aliphatic carbocycles. The zero-order valence-electron chi connectivity index (χ0n) is 12.1. The molecule has 1 aromatic heterocycles. The largest absolute Gasteiger partial charge is 0.462 e. The fraction of sp³-hybridized carbons (Fsp3) is 0.500. The minimum atomic E-state index is -0.386. The number of aromatic nitrogens is 1. The Morgan fingerprint density at radius 3 is 2.65 bits per heavy atom. The van der Waals surface area contributed by atoms with Crippen LogP contribution in [0.3, 0.4) is 0 Å². The lowest BCUT2D eigenvalue weighted by Crippen LogP contribution is -2.31. The fourth-order valence-electron chi connectivity index (χ4n) is 1.53. The highest BCUT2D eigenvalue weighted by Crippen LogP contribution is 2.06. The van der Waals surface area contributed by atoms with Gasteiger partial charge in [0, 0.05) is 25.2 Å². The maximum atomic E-state index is 11.4. The van der Waals surface area contributed by atoms with E-state index in [1.54, 1.807) is 19.1 Å². The molecule has 0 unspecified atom stereocenters. The first-order chi connectivity index (χ1) is 9.52. The third-order valence-electron chi connectivity index (χ3n) is 2.38. The summed E-state index contributed by atoms with van der Waals surface area (Å²) in [5, 5.41) is 5.83. The van der Waals surface area contributed by atoms with Crippen molar-refractivity contribution in [3.05, 3.63) is 23.9 Å². The maximum Gasteiger partial charge on any atom is 0.339 e. The molecule has 2 N–H and O–H groups in total. The molecule has 0 bridgehead atoms. The SMILES string of the molecule is CCOC(=O)c1ccc(NCCC(=O)NC(C)C)nc1. The first-order valence-electron chi connectivity index (χ1n) is 6.69. The third kappa shape index (κ3) is 5.69. The maximum absolute atomic E-state index is 11.4. The summed E-state index contributed by atoms with van der Waals surface area (Å²) in [4.78, 5) is 26.9. The highest BCUT2D eigenvalue weighted by Gasteiger charge is 2.07.